The van der Waals surface area contributed by atoms with Crippen molar-refractivity contribution in [2.75, 3.05) is 0 Å². The molecular weight excluding hydrogens is 306 g/mol. The zero-order valence-corrected chi connectivity index (χ0v) is 10.3. The van der Waals surface area contributed by atoms with E-state index in [0.717, 1.165) is 18.2 Å². The predicted molar refractivity (Wildman–Crippen MR) is 58.2 cm³/mol. The molecule has 2 atom stereocenters. The Morgan fingerprint density at radius 2 is 1.94 bits per heavy atom. The van der Waals surface area contributed by atoms with Gasteiger partial charge >= 0.3 is 6.18 Å². The number of nitrogens with two attached hydrogens (primary N) is 1. The molecule has 17 heavy (non-hydrogen) atoms. The van der Waals surface area contributed by atoms with E-state index in [-0.39, 0.29) is 10.2 Å². The van der Waals surface area contributed by atoms with Crippen LogP contribution in [0.4, 0.5) is 17.6 Å². The van der Waals surface area contributed by atoms with Gasteiger partial charge in [-0.05, 0) is 41.1 Å². The molecular formula is C10H10BrF4NO. The van der Waals surface area contributed by atoms with Crippen LogP contribution in [0, 0.1) is 5.82 Å². The first-order valence-corrected chi connectivity index (χ1v) is 5.45. The van der Waals surface area contributed by atoms with Crippen LogP contribution in [0.2, 0.25) is 0 Å². The topological polar surface area (TPSA) is 35.2 Å². The molecule has 0 bridgehead atoms. The monoisotopic (exact) mass is 315 g/mol. The van der Waals surface area contributed by atoms with Crippen LogP contribution in [0.1, 0.15) is 6.92 Å². The Morgan fingerprint density at radius 3 is 2.35 bits per heavy atom. The maximum absolute atomic E-state index is 12.7. The summed E-state index contributed by atoms with van der Waals surface area (Å²) in [4.78, 5) is 0. The van der Waals surface area contributed by atoms with Gasteiger partial charge in [-0.3, -0.25) is 0 Å². The third kappa shape index (κ3) is 3.85. The molecule has 1 aromatic carbocycles. The fraction of sp³-hybridized carbons (Fsp3) is 0.400. The van der Waals surface area contributed by atoms with Crippen molar-refractivity contribution in [2.24, 2.45) is 5.73 Å². The summed E-state index contributed by atoms with van der Waals surface area (Å²) in [6.07, 6.45) is -6.72. The summed E-state index contributed by atoms with van der Waals surface area (Å²) in [5.74, 6) is -0.681. The minimum Gasteiger partial charge on any atom is -0.478 e. The Bertz CT molecular complexity index is 394. The highest BCUT2D eigenvalue weighted by atomic mass is 79.9. The smallest absolute Gasteiger partial charge is 0.426 e. The average molecular weight is 316 g/mol. The summed E-state index contributed by atoms with van der Waals surface area (Å²) < 4.78 is 55.3. The summed E-state index contributed by atoms with van der Waals surface area (Å²) in [6.45, 7) is 1.19. The van der Waals surface area contributed by atoms with Gasteiger partial charge in [0.2, 0.25) is 6.10 Å². The van der Waals surface area contributed by atoms with Gasteiger partial charge in [0.15, 0.2) is 0 Å². The second-order valence-corrected chi connectivity index (χ2v) is 4.37. The van der Waals surface area contributed by atoms with E-state index in [1.54, 1.807) is 0 Å². The molecule has 2 nitrogen and oxygen atoms in total. The summed E-state index contributed by atoms with van der Waals surface area (Å²) in [6, 6.07) is 1.91. The number of rotatable bonds is 3. The zero-order chi connectivity index (χ0) is 13.2. The van der Waals surface area contributed by atoms with E-state index in [1.807, 2.05) is 0 Å². The highest BCUT2D eigenvalue weighted by molar-refractivity contribution is 9.10. The van der Waals surface area contributed by atoms with E-state index in [4.69, 9.17) is 10.5 Å². The standard InChI is InChI=1S/C10H10BrF4NO/c1-5(16)9(10(13,14)15)17-8-3-2-6(12)4-7(8)11/h2-5,9H,16H2,1H3. The molecule has 7 heteroatoms. The van der Waals surface area contributed by atoms with Gasteiger partial charge < -0.3 is 10.5 Å². The lowest BCUT2D eigenvalue weighted by atomic mass is 10.2. The third-order valence-corrected chi connectivity index (χ3v) is 2.57. The molecule has 0 spiro atoms. The van der Waals surface area contributed by atoms with E-state index in [9.17, 15) is 17.6 Å². The van der Waals surface area contributed by atoms with Crippen LogP contribution in [0.5, 0.6) is 5.75 Å². The maximum Gasteiger partial charge on any atom is 0.426 e. The number of alkyl halides is 3. The summed E-state index contributed by atoms with van der Waals surface area (Å²) in [5, 5.41) is 0. The predicted octanol–water partition coefficient (Wildman–Crippen LogP) is 3.25. The van der Waals surface area contributed by atoms with Crippen LogP contribution in [-0.2, 0) is 0 Å². The second-order valence-electron chi connectivity index (χ2n) is 3.51. The molecule has 0 aliphatic carbocycles. The van der Waals surface area contributed by atoms with E-state index in [2.05, 4.69) is 15.9 Å². The molecule has 2 unspecified atom stereocenters. The second kappa shape index (κ2) is 5.22. The van der Waals surface area contributed by atoms with Gasteiger partial charge in [-0.15, -0.1) is 0 Å². The minimum absolute atomic E-state index is 0.104. The van der Waals surface area contributed by atoms with Gasteiger partial charge in [0.05, 0.1) is 4.47 Å². The van der Waals surface area contributed by atoms with Crippen LogP contribution in [-0.4, -0.2) is 18.3 Å². The Kier molecular flexibility index (Phi) is 4.37. The van der Waals surface area contributed by atoms with Crippen molar-refractivity contribution in [1.82, 2.24) is 0 Å². The number of hydrogen-bond donors (Lipinski definition) is 1. The molecule has 1 aromatic rings. The van der Waals surface area contributed by atoms with Gasteiger partial charge in [-0.25, -0.2) is 4.39 Å². The Labute approximate surface area is 104 Å². The lowest BCUT2D eigenvalue weighted by Crippen LogP contribution is -2.47. The first-order chi connectivity index (χ1) is 7.71. The molecule has 0 amide bonds. The molecule has 0 aliphatic rings. The lowest BCUT2D eigenvalue weighted by Gasteiger charge is -2.25. The molecule has 2 N–H and O–H groups in total. The molecule has 0 radical (unpaired) electrons. The van der Waals surface area contributed by atoms with Crippen LogP contribution < -0.4 is 10.5 Å². The lowest BCUT2D eigenvalue weighted by molar-refractivity contribution is -0.199. The van der Waals surface area contributed by atoms with Gasteiger partial charge in [0.25, 0.3) is 0 Å². The molecule has 0 fully saturated rings. The normalized spacial score (nSPS) is 15.5. The van der Waals surface area contributed by atoms with Crippen molar-refractivity contribution in [3.05, 3.63) is 28.5 Å². The average Bonchev–Trinajstić information content (AvgIpc) is 2.13. The van der Waals surface area contributed by atoms with Gasteiger partial charge in [0, 0.05) is 6.04 Å². The molecule has 0 saturated carbocycles. The molecule has 0 heterocycles. The zero-order valence-electron chi connectivity index (χ0n) is 8.76. The number of ether oxygens (including phenoxy) is 1. The van der Waals surface area contributed by atoms with E-state index >= 15 is 0 Å². The van der Waals surface area contributed by atoms with Crippen molar-refractivity contribution in [1.29, 1.82) is 0 Å². The van der Waals surface area contributed by atoms with Crippen LogP contribution in [0.25, 0.3) is 0 Å². The number of hydrogen-bond acceptors (Lipinski definition) is 2. The van der Waals surface area contributed by atoms with E-state index < -0.39 is 24.1 Å². The Hall–Kier alpha value is -0.820. The number of halogens is 5. The Morgan fingerprint density at radius 1 is 1.35 bits per heavy atom. The minimum atomic E-state index is -4.58. The maximum atomic E-state index is 12.7. The first kappa shape index (κ1) is 14.2. The van der Waals surface area contributed by atoms with Crippen molar-refractivity contribution >= 4 is 15.9 Å². The fourth-order valence-electron chi connectivity index (χ4n) is 1.18. The third-order valence-electron chi connectivity index (χ3n) is 1.95. The van der Waals surface area contributed by atoms with Crippen molar-refractivity contribution in [2.45, 2.75) is 25.2 Å². The fourth-order valence-corrected chi connectivity index (χ4v) is 1.62. The van der Waals surface area contributed by atoms with E-state index in [1.165, 1.54) is 6.92 Å². The van der Waals surface area contributed by atoms with Crippen molar-refractivity contribution in [3.8, 4) is 5.75 Å². The molecule has 1 rings (SSSR count). The summed E-state index contributed by atoms with van der Waals surface area (Å²) >= 11 is 2.92. The molecule has 96 valence electrons. The number of benzene rings is 1. The van der Waals surface area contributed by atoms with Crippen molar-refractivity contribution in [3.63, 3.8) is 0 Å². The highest BCUT2D eigenvalue weighted by Crippen LogP contribution is 2.31. The summed E-state index contributed by atoms with van der Waals surface area (Å²) in [7, 11) is 0. The Balaban J connectivity index is 2.94. The SMILES string of the molecule is CC(N)C(Oc1ccc(F)cc1Br)C(F)(F)F. The van der Waals surface area contributed by atoms with Crippen LogP contribution in [0.15, 0.2) is 22.7 Å². The largest absolute Gasteiger partial charge is 0.478 e. The highest BCUT2D eigenvalue weighted by Gasteiger charge is 2.44. The van der Waals surface area contributed by atoms with Crippen molar-refractivity contribution < 1.29 is 22.3 Å². The molecule has 0 aliphatic heterocycles. The van der Waals surface area contributed by atoms with Crippen LogP contribution >= 0.6 is 15.9 Å². The van der Waals surface area contributed by atoms with Gasteiger partial charge in [-0.2, -0.15) is 13.2 Å². The molecule has 0 aromatic heterocycles. The first-order valence-electron chi connectivity index (χ1n) is 4.66. The summed E-state index contributed by atoms with van der Waals surface area (Å²) in [5.41, 5.74) is 5.22. The van der Waals surface area contributed by atoms with Gasteiger partial charge in [0.1, 0.15) is 11.6 Å². The van der Waals surface area contributed by atoms with Crippen LogP contribution in [0.3, 0.4) is 0 Å². The van der Waals surface area contributed by atoms with Gasteiger partial charge in [-0.1, -0.05) is 0 Å². The van der Waals surface area contributed by atoms with E-state index in [0.29, 0.717) is 0 Å². The quantitative estimate of drug-likeness (QED) is 0.869. The molecule has 0 saturated heterocycles.